The van der Waals surface area contributed by atoms with Gasteiger partial charge in [-0.3, -0.25) is 4.79 Å². The van der Waals surface area contributed by atoms with Crippen LogP contribution in [-0.2, 0) is 4.79 Å². The molecule has 0 saturated carbocycles. The Balaban J connectivity index is 2.28. The van der Waals surface area contributed by atoms with Crippen LogP contribution in [0.5, 0.6) is 0 Å². The van der Waals surface area contributed by atoms with Crippen LogP contribution in [0.25, 0.3) is 0 Å². The standard InChI is InChI=1S/C10H20N2O/c1-3-4-12-10(13)9-5-8(2)6-11-7-9/h8-9,11H,3-7H2,1-2H3,(H,12,13). The minimum atomic E-state index is 0.190. The Bertz CT molecular complexity index is 170. The number of piperidine rings is 1. The fraction of sp³-hybridized carbons (Fsp3) is 0.900. The van der Waals surface area contributed by atoms with E-state index in [9.17, 15) is 4.79 Å². The monoisotopic (exact) mass is 184 g/mol. The van der Waals surface area contributed by atoms with E-state index in [-0.39, 0.29) is 11.8 Å². The molecule has 1 aliphatic heterocycles. The van der Waals surface area contributed by atoms with E-state index < -0.39 is 0 Å². The lowest BCUT2D eigenvalue weighted by Gasteiger charge is -2.26. The number of carbonyl (C=O) groups is 1. The van der Waals surface area contributed by atoms with Gasteiger partial charge < -0.3 is 10.6 Å². The van der Waals surface area contributed by atoms with Gasteiger partial charge in [0.25, 0.3) is 0 Å². The molecule has 13 heavy (non-hydrogen) atoms. The highest BCUT2D eigenvalue weighted by molar-refractivity contribution is 5.78. The highest BCUT2D eigenvalue weighted by Gasteiger charge is 2.23. The van der Waals surface area contributed by atoms with Gasteiger partial charge in [-0.2, -0.15) is 0 Å². The molecular weight excluding hydrogens is 164 g/mol. The molecule has 1 rings (SSSR count). The van der Waals surface area contributed by atoms with E-state index >= 15 is 0 Å². The van der Waals surface area contributed by atoms with Crippen LogP contribution in [0.15, 0.2) is 0 Å². The van der Waals surface area contributed by atoms with Crippen molar-refractivity contribution in [1.82, 2.24) is 10.6 Å². The molecule has 0 spiro atoms. The molecular formula is C10H20N2O. The third-order valence-electron chi connectivity index (χ3n) is 2.49. The first-order valence-electron chi connectivity index (χ1n) is 5.22. The maximum absolute atomic E-state index is 11.6. The van der Waals surface area contributed by atoms with Crippen LogP contribution < -0.4 is 10.6 Å². The van der Waals surface area contributed by atoms with Gasteiger partial charge in [0.1, 0.15) is 0 Å². The molecule has 1 saturated heterocycles. The molecule has 1 fully saturated rings. The molecule has 2 unspecified atom stereocenters. The molecule has 0 aromatic carbocycles. The number of nitrogens with one attached hydrogen (secondary N) is 2. The summed E-state index contributed by atoms with van der Waals surface area (Å²) in [5.74, 6) is 1.04. The number of hydrogen-bond donors (Lipinski definition) is 2. The summed E-state index contributed by atoms with van der Waals surface area (Å²) in [6.07, 6.45) is 2.05. The first kappa shape index (κ1) is 10.5. The highest BCUT2D eigenvalue weighted by Crippen LogP contribution is 2.15. The van der Waals surface area contributed by atoms with Crippen molar-refractivity contribution in [2.24, 2.45) is 11.8 Å². The second kappa shape index (κ2) is 5.22. The van der Waals surface area contributed by atoms with Crippen LogP contribution in [-0.4, -0.2) is 25.5 Å². The maximum atomic E-state index is 11.6. The summed E-state index contributed by atoms with van der Waals surface area (Å²) in [5, 5.41) is 6.22. The predicted molar refractivity (Wildman–Crippen MR) is 53.4 cm³/mol. The minimum absolute atomic E-state index is 0.190. The van der Waals surface area contributed by atoms with Gasteiger partial charge in [-0.05, 0) is 25.3 Å². The minimum Gasteiger partial charge on any atom is -0.356 e. The van der Waals surface area contributed by atoms with E-state index in [1.54, 1.807) is 0 Å². The molecule has 0 bridgehead atoms. The second-order valence-corrected chi connectivity index (χ2v) is 3.99. The Morgan fingerprint density at radius 1 is 1.54 bits per heavy atom. The molecule has 0 aromatic rings. The lowest BCUT2D eigenvalue weighted by atomic mass is 9.91. The summed E-state index contributed by atoms with van der Waals surface area (Å²) in [6.45, 7) is 6.97. The molecule has 3 nitrogen and oxygen atoms in total. The number of rotatable bonds is 3. The Hall–Kier alpha value is -0.570. The number of amides is 1. The molecule has 0 aliphatic carbocycles. The van der Waals surface area contributed by atoms with Crippen molar-refractivity contribution in [2.75, 3.05) is 19.6 Å². The van der Waals surface area contributed by atoms with Crippen molar-refractivity contribution >= 4 is 5.91 Å². The molecule has 0 radical (unpaired) electrons. The van der Waals surface area contributed by atoms with Crippen molar-refractivity contribution < 1.29 is 4.79 Å². The third kappa shape index (κ3) is 3.35. The molecule has 76 valence electrons. The zero-order chi connectivity index (χ0) is 9.68. The zero-order valence-electron chi connectivity index (χ0n) is 8.60. The van der Waals surface area contributed by atoms with Crippen molar-refractivity contribution in [3.63, 3.8) is 0 Å². The Kier molecular flexibility index (Phi) is 4.22. The van der Waals surface area contributed by atoms with Crippen LogP contribution in [0.4, 0.5) is 0 Å². The van der Waals surface area contributed by atoms with E-state index in [1.165, 1.54) is 0 Å². The van der Waals surface area contributed by atoms with Crippen LogP contribution in [0.3, 0.4) is 0 Å². The average Bonchev–Trinajstić information content (AvgIpc) is 2.14. The van der Waals surface area contributed by atoms with E-state index in [4.69, 9.17) is 0 Å². The van der Waals surface area contributed by atoms with Crippen LogP contribution in [0.1, 0.15) is 26.7 Å². The Morgan fingerprint density at radius 2 is 2.31 bits per heavy atom. The highest BCUT2D eigenvalue weighted by atomic mass is 16.1. The fourth-order valence-corrected chi connectivity index (χ4v) is 1.75. The SMILES string of the molecule is CCCNC(=O)C1CNCC(C)C1. The molecule has 3 heteroatoms. The second-order valence-electron chi connectivity index (χ2n) is 3.99. The first-order valence-corrected chi connectivity index (χ1v) is 5.22. The first-order chi connectivity index (χ1) is 6.24. The lowest BCUT2D eigenvalue weighted by Crippen LogP contribution is -2.43. The molecule has 2 N–H and O–H groups in total. The van der Waals surface area contributed by atoms with Gasteiger partial charge in [0.05, 0.1) is 5.92 Å². The molecule has 2 atom stereocenters. The Morgan fingerprint density at radius 3 is 2.92 bits per heavy atom. The summed E-state index contributed by atoms with van der Waals surface area (Å²) in [7, 11) is 0. The molecule has 1 heterocycles. The summed E-state index contributed by atoms with van der Waals surface area (Å²) >= 11 is 0. The van der Waals surface area contributed by atoms with Gasteiger partial charge in [-0.1, -0.05) is 13.8 Å². The van der Waals surface area contributed by atoms with Crippen molar-refractivity contribution in [2.45, 2.75) is 26.7 Å². The fourth-order valence-electron chi connectivity index (χ4n) is 1.75. The average molecular weight is 184 g/mol. The third-order valence-corrected chi connectivity index (χ3v) is 2.49. The van der Waals surface area contributed by atoms with Gasteiger partial charge in [0, 0.05) is 13.1 Å². The van der Waals surface area contributed by atoms with Gasteiger partial charge in [-0.15, -0.1) is 0 Å². The molecule has 0 aromatic heterocycles. The van der Waals surface area contributed by atoms with Crippen molar-refractivity contribution in [1.29, 1.82) is 0 Å². The summed E-state index contributed by atoms with van der Waals surface area (Å²) < 4.78 is 0. The zero-order valence-corrected chi connectivity index (χ0v) is 8.60. The van der Waals surface area contributed by atoms with E-state index in [2.05, 4.69) is 24.5 Å². The van der Waals surface area contributed by atoms with Crippen LogP contribution in [0, 0.1) is 11.8 Å². The number of hydrogen-bond acceptors (Lipinski definition) is 2. The van der Waals surface area contributed by atoms with E-state index in [1.807, 2.05) is 0 Å². The van der Waals surface area contributed by atoms with Gasteiger partial charge in [0.2, 0.25) is 5.91 Å². The lowest BCUT2D eigenvalue weighted by molar-refractivity contribution is -0.125. The van der Waals surface area contributed by atoms with E-state index in [0.29, 0.717) is 5.92 Å². The van der Waals surface area contributed by atoms with Crippen molar-refractivity contribution in [3.05, 3.63) is 0 Å². The smallest absolute Gasteiger partial charge is 0.224 e. The quantitative estimate of drug-likeness (QED) is 0.680. The summed E-state index contributed by atoms with van der Waals surface area (Å²) in [5.41, 5.74) is 0. The molecule has 1 aliphatic rings. The Labute approximate surface area is 80.3 Å². The van der Waals surface area contributed by atoms with E-state index in [0.717, 1.165) is 32.5 Å². The molecule has 1 amide bonds. The maximum Gasteiger partial charge on any atom is 0.224 e. The van der Waals surface area contributed by atoms with Gasteiger partial charge in [-0.25, -0.2) is 0 Å². The normalized spacial score (nSPS) is 28.5. The summed E-state index contributed by atoms with van der Waals surface area (Å²) in [6, 6.07) is 0. The van der Waals surface area contributed by atoms with Crippen molar-refractivity contribution in [3.8, 4) is 0 Å². The van der Waals surface area contributed by atoms with Crippen LogP contribution >= 0.6 is 0 Å². The summed E-state index contributed by atoms with van der Waals surface area (Å²) in [4.78, 5) is 11.6. The largest absolute Gasteiger partial charge is 0.356 e. The van der Waals surface area contributed by atoms with Gasteiger partial charge >= 0.3 is 0 Å². The number of carbonyl (C=O) groups excluding carboxylic acids is 1. The van der Waals surface area contributed by atoms with Crippen LogP contribution in [0.2, 0.25) is 0 Å². The topological polar surface area (TPSA) is 41.1 Å². The van der Waals surface area contributed by atoms with Gasteiger partial charge in [0.15, 0.2) is 0 Å². The predicted octanol–water partition coefficient (Wildman–Crippen LogP) is 0.758.